The molecular weight excluding hydrogens is 815 g/mol. The number of rotatable bonds is 5. The molecule has 1 unspecified atom stereocenters. The lowest BCUT2D eigenvalue weighted by Gasteiger charge is -2.31. The van der Waals surface area contributed by atoms with Gasteiger partial charge < -0.3 is 4.90 Å². The van der Waals surface area contributed by atoms with Crippen molar-refractivity contribution in [3.05, 3.63) is 258 Å². The van der Waals surface area contributed by atoms with E-state index in [-0.39, 0.29) is 5.41 Å². The summed E-state index contributed by atoms with van der Waals surface area (Å²) in [6.45, 7) is 4.72. The Labute approximate surface area is 389 Å². The fourth-order valence-corrected chi connectivity index (χ4v) is 13.2. The van der Waals surface area contributed by atoms with E-state index in [9.17, 15) is 0 Å². The molecule has 0 radical (unpaired) electrons. The van der Waals surface area contributed by atoms with Gasteiger partial charge in [0.05, 0.1) is 5.41 Å². The Morgan fingerprint density at radius 3 is 1.61 bits per heavy atom. The van der Waals surface area contributed by atoms with E-state index in [4.69, 9.17) is 0 Å². The summed E-state index contributed by atoms with van der Waals surface area (Å²) in [4.78, 5) is 2.41. The van der Waals surface area contributed by atoms with Crippen LogP contribution in [0.1, 0.15) is 47.2 Å². The quantitative estimate of drug-likeness (QED) is 0.167. The first-order valence-electron chi connectivity index (χ1n) is 23.1. The Kier molecular flexibility index (Phi) is 7.89. The van der Waals surface area contributed by atoms with E-state index in [1.54, 1.807) is 0 Å². The van der Waals surface area contributed by atoms with Gasteiger partial charge in [-0.2, -0.15) is 0 Å². The van der Waals surface area contributed by atoms with Crippen LogP contribution in [-0.2, 0) is 10.8 Å². The Hall–Kier alpha value is -7.78. The molecule has 1 nitrogen and oxygen atoms in total. The van der Waals surface area contributed by atoms with Crippen molar-refractivity contribution in [1.82, 2.24) is 0 Å². The monoisotopic (exact) mass is 857 g/mol. The summed E-state index contributed by atoms with van der Waals surface area (Å²) in [5.41, 5.74) is 23.9. The second-order valence-electron chi connectivity index (χ2n) is 18.8. The molecule has 11 aromatic rings. The molecule has 310 valence electrons. The van der Waals surface area contributed by atoms with Gasteiger partial charge in [0.2, 0.25) is 0 Å². The number of thiophene rings is 1. The summed E-state index contributed by atoms with van der Waals surface area (Å²) < 4.78 is 2.67. The summed E-state index contributed by atoms with van der Waals surface area (Å²) in [6, 6.07) is 84.4. The van der Waals surface area contributed by atoms with Crippen molar-refractivity contribution in [2.24, 2.45) is 0 Å². The molecule has 1 atom stereocenters. The molecule has 0 saturated carbocycles. The smallest absolute Gasteiger partial charge is 0.0726 e. The van der Waals surface area contributed by atoms with Gasteiger partial charge in [0, 0.05) is 42.6 Å². The minimum absolute atomic E-state index is 0.0916. The molecule has 14 rings (SSSR count). The van der Waals surface area contributed by atoms with Gasteiger partial charge in [-0.3, -0.25) is 0 Å². The molecule has 0 fully saturated rings. The topological polar surface area (TPSA) is 3.24 Å². The fourth-order valence-electron chi connectivity index (χ4n) is 12.1. The predicted molar refractivity (Wildman–Crippen MR) is 279 cm³/mol. The van der Waals surface area contributed by atoms with E-state index in [0.717, 1.165) is 17.1 Å². The zero-order valence-corrected chi connectivity index (χ0v) is 37.5. The van der Waals surface area contributed by atoms with Gasteiger partial charge in [-0.05, 0) is 150 Å². The molecule has 3 aliphatic rings. The normalized spacial score (nSPS) is 15.6. The predicted octanol–water partition coefficient (Wildman–Crippen LogP) is 17.5. The third kappa shape index (κ3) is 5.11. The number of nitrogens with zero attached hydrogens (tertiary/aromatic N) is 1. The summed E-state index contributed by atoms with van der Waals surface area (Å²) in [6.07, 6.45) is 0. The Bertz CT molecular complexity index is 3780. The standard InChI is InChI=1S/C64H43NS/c1-63(2)53-22-12-9-19-47(53)48-34-31-46(39-56(48)63)65(44-17-7-4-8-18-44)45-29-25-41(26-30-45)43-28-33-50-49-32-27-42(40-15-5-3-6-16-40)37-57(49)64(58(50)38-43)54-23-13-10-20-51(54)61-55(64)35-36-60-62(61)52-21-11-14-24-59(52)66-60/h3-39H,1-2H3. The average Bonchev–Trinajstić information content (AvgIpc) is 4.06. The highest BCUT2D eigenvalue weighted by Crippen LogP contribution is 2.65. The van der Waals surface area contributed by atoms with Crippen LogP contribution in [-0.4, -0.2) is 0 Å². The van der Waals surface area contributed by atoms with Crippen LogP contribution >= 0.6 is 11.3 Å². The molecule has 66 heavy (non-hydrogen) atoms. The second kappa shape index (κ2) is 13.9. The van der Waals surface area contributed by atoms with Crippen LogP contribution in [0.25, 0.3) is 75.8 Å². The third-order valence-corrected chi connectivity index (χ3v) is 16.2. The molecule has 0 amide bonds. The summed E-state index contributed by atoms with van der Waals surface area (Å²) >= 11 is 1.90. The van der Waals surface area contributed by atoms with Crippen LogP contribution in [0.2, 0.25) is 0 Å². The lowest BCUT2D eigenvalue weighted by molar-refractivity contribution is 0.660. The second-order valence-corrected chi connectivity index (χ2v) is 19.8. The van der Waals surface area contributed by atoms with Crippen LogP contribution < -0.4 is 4.90 Å². The SMILES string of the molecule is CC1(C)c2ccccc2-c2ccc(N(c3ccccc3)c3ccc(-c4ccc5c(c4)C4(c6cc(-c7ccccc7)ccc6-5)c5ccccc5-c5c4ccc4sc6ccccc6c54)cc3)cc21. The van der Waals surface area contributed by atoms with Crippen LogP contribution in [0.5, 0.6) is 0 Å². The first-order valence-corrected chi connectivity index (χ1v) is 23.9. The van der Waals surface area contributed by atoms with Crippen LogP contribution in [0.15, 0.2) is 224 Å². The van der Waals surface area contributed by atoms with Crippen LogP contribution in [0.4, 0.5) is 17.1 Å². The average molecular weight is 858 g/mol. The minimum atomic E-state index is -0.500. The maximum absolute atomic E-state index is 2.52. The van der Waals surface area contributed by atoms with Crippen molar-refractivity contribution in [3.8, 4) is 55.6 Å². The van der Waals surface area contributed by atoms with Crippen molar-refractivity contribution in [3.63, 3.8) is 0 Å². The maximum Gasteiger partial charge on any atom is 0.0726 e. The highest BCUT2D eigenvalue weighted by atomic mass is 32.1. The lowest BCUT2D eigenvalue weighted by Crippen LogP contribution is -2.26. The molecule has 0 bridgehead atoms. The van der Waals surface area contributed by atoms with Gasteiger partial charge in [0.25, 0.3) is 0 Å². The zero-order valence-electron chi connectivity index (χ0n) is 36.7. The van der Waals surface area contributed by atoms with Crippen LogP contribution in [0, 0.1) is 0 Å². The Balaban J connectivity index is 0.944. The van der Waals surface area contributed by atoms with E-state index in [1.807, 2.05) is 11.3 Å². The van der Waals surface area contributed by atoms with Crippen molar-refractivity contribution in [1.29, 1.82) is 0 Å². The number of hydrogen-bond acceptors (Lipinski definition) is 2. The summed E-state index contributed by atoms with van der Waals surface area (Å²) in [5.74, 6) is 0. The van der Waals surface area contributed by atoms with Gasteiger partial charge >= 0.3 is 0 Å². The van der Waals surface area contributed by atoms with Gasteiger partial charge in [0.15, 0.2) is 0 Å². The zero-order chi connectivity index (χ0) is 43.7. The van der Waals surface area contributed by atoms with Crippen molar-refractivity contribution >= 4 is 48.6 Å². The molecule has 1 heterocycles. The van der Waals surface area contributed by atoms with Gasteiger partial charge in [-0.25, -0.2) is 0 Å². The highest BCUT2D eigenvalue weighted by Gasteiger charge is 2.52. The van der Waals surface area contributed by atoms with Crippen molar-refractivity contribution in [2.75, 3.05) is 4.90 Å². The highest BCUT2D eigenvalue weighted by molar-refractivity contribution is 7.26. The number of hydrogen-bond donors (Lipinski definition) is 0. The van der Waals surface area contributed by atoms with Crippen molar-refractivity contribution in [2.45, 2.75) is 24.7 Å². The molecule has 0 aliphatic heterocycles. The number of para-hydroxylation sites is 1. The first-order chi connectivity index (χ1) is 32.5. The largest absolute Gasteiger partial charge is 0.310 e. The fraction of sp³-hybridized carbons (Fsp3) is 0.0625. The molecule has 0 N–H and O–H groups in total. The van der Waals surface area contributed by atoms with E-state index < -0.39 is 5.41 Å². The van der Waals surface area contributed by atoms with Gasteiger partial charge in [-0.15, -0.1) is 11.3 Å². The number of fused-ring (bicyclic) bond motifs is 17. The molecule has 0 saturated heterocycles. The van der Waals surface area contributed by atoms with Gasteiger partial charge in [-0.1, -0.05) is 178 Å². The first kappa shape index (κ1) is 37.6. The third-order valence-electron chi connectivity index (χ3n) is 15.1. The molecule has 10 aromatic carbocycles. The van der Waals surface area contributed by atoms with Crippen molar-refractivity contribution < 1.29 is 0 Å². The Morgan fingerprint density at radius 2 is 0.864 bits per heavy atom. The number of benzene rings is 10. The van der Waals surface area contributed by atoms with E-state index in [1.165, 1.54) is 109 Å². The summed E-state index contributed by atoms with van der Waals surface area (Å²) in [7, 11) is 0. The molecule has 1 aromatic heterocycles. The molecule has 1 spiro atoms. The molecular formula is C64H43NS. The maximum atomic E-state index is 2.52. The lowest BCUT2D eigenvalue weighted by atomic mass is 9.70. The van der Waals surface area contributed by atoms with E-state index >= 15 is 0 Å². The van der Waals surface area contributed by atoms with Crippen LogP contribution in [0.3, 0.4) is 0 Å². The van der Waals surface area contributed by atoms with Gasteiger partial charge in [0.1, 0.15) is 0 Å². The molecule has 2 heteroatoms. The summed E-state index contributed by atoms with van der Waals surface area (Å²) in [5, 5.41) is 2.71. The number of anilines is 3. The van der Waals surface area contributed by atoms with E-state index in [2.05, 4.69) is 243 Å². The molecule has 3 aliphatic carbocycles. The minimum Gasteiger partial charge on any atom is -0.310 e. The Morgan fingerprint density at radius 1 is 0.333 bits per heavy atom. The van der Waals surface area contributed by atoms with E-state index in [0.29, 0.717) is 0 Å².